The van der Waals surface area contributed by atoms with Crippen LogP contribution in [0.15, 0.2) is 66.7 Å². The summed E-state index contributed by atoms with van der Waals surface area (Å²) >= 11 is 0. The van der Waals surface area contributed by atoms with E-state index in [1.807, 2.05) is 95.3 Å². The number of aromatic nitrogens is 3. The number of hydrogen-bond donors (Lipinski definition) is 0. The number of pyridine rings is 1. The minimum Gasteiger partial charge on any atom is -0.452 e. The second kappa shape index (κ2) is 10.1. The summed E-state index contributed by atoms with van der Waals surface area (Å²) in [5.41, 5.74) is 3.87. The minimum absolute atomic E-state index is 0.00451. The molecule has 1 amide bonds. The molecule has 180 valence electrons. The van der Waals surface area contributed by atoms with Crippen LogP contribution in [0.1, 0.15) is 43.7 Å². The molecule has 35 heavy (non-hydrogen) atoms. The summed E-state index contributed by atoms with van der Waals surface area (Å²) in [6, 6.07) is 21.0. The molecule has 0 spiro atoms. The van der Waals surface area contributed by atoms with Gasteiger partial charge in [0.05, 0.1) is 28.0 Å². The van der Waals surface area contributed by atoms with Gasteiger partial charge in [-0.15, -0.1) is 0 Å². The maximum absolute atomic E-state index is 13.3. The lowest BCUT2D eigenvalue weighted by Gasteiger charge is -2.30. The largest absolute Gasteiger partial charge is 0.452 e. The number of para-hydroxylation sites is 1. The SMILES string of the molecule is Cc1nn(-c2ccccc2)c2nc(-c3ccccc3)cc(C(=O)OCC(=O)N(C(C)C)C(C)C)c12. The lowest BCUT2D eigenvalue weighted by molar-refractivity contribution is -0.138. The molecule has 7 nitrogen and oxygen atoms in total. The van der Waals surface area contributed by atoms with E-state index >= 15 is 0 Å². The number of hydrogen-bond acceptors (Lipinski definition) is 5. The van der Waals surface area contributed by atoms with Gasteiger partial charge in [0.2, 0.25) is 0 Å². The highest BCUT2D eigenvalue weighted by atomic mass is 16.5. The molecule has 0 N–H and O–H groups in total. The number of benzene rings is 2. The Kier molecular flexibility index (Phi) is 6.96. The van der Waals surface area contributed by atoms with Gasteiger partial charge in [-0.25, -0.2) is 14.5 Å². The fourth-order valence-electron chi connectivity index (χ4n) is 4.41. The molecule has 0 aliphatic heterocycles. The van der Waals surface area contributed by atoms with Crippen molar-refractivity contribution in [2.45, 2.75) is 46.7 Å². The topological polar surface area (TPSA) is 77.3 Å². The predicted octanol–water partition coefficient (Wildman–Crippen LogP) is 5.20. The molecular formula is C28H30N4O3. The number of carbonyl (C=O) groups is 2. The van der Waals surface area contributed by atoms with Crippen LogP contribution in [0.5, 0.6) is 0 Å². The molecule has 0 saturated heterocycles. The molecular weight excluding hydrogens is 440 g/mol. The molecule has 0 aliphatic rings. The van der Waals surface area contributed by atoms with Crippen molar-refractivity contribution in [3.63, 3.8) is 0 Å². The Morgan fingerprint density at radius 1 is 0.943 bits per heavy atom. The van der Waals surface area contributed by atoms with Gasteiger partial charge in [0.1, 0.15) is 0 Å². The number of ether oxygens (including phenoxy) is 1. The molecule has 2 heterocycles. The zero-order chi connectivity index (χ0) is 25.1. The lowest BCUT2D eigenvalue weighted by Crippen LogP contribution is -2.44. The Balaban J connectivity index is 1.78. The Bertz CT molecular complexity index is 1340. The summed E-state index contributed by atoms with van der Waals surface area (Å²) < 4.78 is 7.28. The van der Waals surface area contributed by atoms with Gasteiger partial charge in [-0.2, -0.15) is 5.10 Å². The monoisotopic (exact) mass is 470 g/mol. The number of nitrogens with zero attached hydrogens (tertiary/aromatic N) is 4. The molecule has 7 heteroatoms. The summed E-state index contributed by atoms with van der Waals surface area (Å²) in [5, 5.41) is 5.29. The van der Waals surface area contributed by atoms with Crippen LogP contribution >= 0.6 is 0 Å². The molecule has 0 radical (unpaired) electrons. The maximum atomic E-state index is 13.3. The molecule has 0 fully saturated rings. The van der Waals surface area contributed by atoms with Gasteiger partial charge in [-0.05, 0) is 52.8 Å². The average molecular weight is 471 g/mol. The normalized spacial score (nSPS) is 11.3. The van der Waals surface area contributed by atoms with Crippen molar-refractivity contribution in [3.8, 4) is 16.9 Å². The van der Waals surface area contributed by atoms with Gasteiger partial charge < -0.3 is 9.64 Å². The molecule has 0 bridgehead atoms. The number of esters is 1. The third-order valence-electron chi connectivity index (χ3n) is 5.83. The second-order valence-electron chi connectivity index (χ2n) is 9.02. The first-order valence-electron chi connectivity index (χ1n) is 11.8. The van der Waals surface area contributed by atoms with E-state index in [1.54, 1.807) is 15.6 Å². The third-order valence-corrected chi connectivity index (χ3v) is 5.83. The van der Waals surface area contributed by atoms with Gasteiger partial charge in [-0.3, -0.25) is 4.79 Å². The second-order valence-corrected chi connectivity index (χ2v) is 9.02. The van der Waals surface area contributed by atoms with Crippen LogP contribution in [0.3, 0.4) is 0 Å². The minimum atomic E-state index is -0.578. The van der Waals surface area contributed by atoms with Gasteiger partial charge in [0, 0.05) is 17.6 Å². The van der Waals surface area contributed by atoms with Crippen LogP contribution < -0.4 is 0 Å². The number of rotatable bonds is 7. The Morgan fingerprint density at radius 3 is 2.14 bits per heavy atom. The predicted molar refractivity (Wildman–Crippen MR) is 136 cm³/mol. The molecule has 2 aromatic heterocycles. The Morgan fingerprint density at radius 2 is 1.54 bits per heavy atom. The first kappa shape index (κ1) is 24.1. The molecule has 4 aromatic rings. The quantitative estimate of drug-likeness (QED) is 0.347. The smallest absolute Gasteiger partial charge is 0.339 e. The summed E-state index contributed by atoms with van der Waals surface area (Å²) in [7, 11) is 0. The number of aryl methyl sites for hydroxylation is 1. The fourth-order valence-corrected chi connectivity index (χ4v) is 4.41. The van der Waals surface area contributed by atoms with Crippen molar-refractivity contribution < 1.29 is 14.3 Å². The molecule has 0 atom stereocenters. The van der Waals surface area contributed by atoms with E-state index in [-0.39, 0.29) is 24.6 Å². The first-order chi connectivity index (χ1) is 16.8. The van der Waals surface area contributed by atoms with Crippen molar-refractivity contribution in [2.75, 3.05) is 6.61 Å². The maximum Gasteiger partial charge on any atom is 0.339 e. The summed E-state index contributed by atoms with van der Waals surface area (Å²) in [5.74, 6) is -0.806. The number of amides is 1. The van der Waals surface area contributed by atoms with Crippen molar-refractivity contribution in [3.05, 3.63) is 78.0 Å². The standard InChI is InChI=1S/C28H30N4O3/c1-18(2)31(19(3)4)25(33)17-35-28(34)23-16-24(21-12-8-6-9-13-21)29-27-26(23)20(5)30-32(27)22-14-10-7-11-15-22/h6-16,18-19H,17H2,1-5H3. The van der Waals surface area contributed by atoms with E-state index in [9.17, 15) is 9.59 Å². The summed E-state index contributed by atoms with van der Waals surface area (Å²) in [6.45, 7) is 9.29. The summed E-state index contributed by atoms with van der Waals surface area (Å²) in [6.07, 6.45) is 0. The third kappa shape index (κ3) is 4.94. The van der Waals surface area contributed by atoms with Crippen molar-refractivity contribution in [1.82, 2.24) is 19.7 Å². The highest BCUT2D eigenvalue weighted by Crippen LogP contribution is 2.29. The van der Waals surface area contributed by atoms with E-state index in [4.69, 9.17) is 9.72 Å². The average Bonchev–Trinajstić information content (AvgIpc) is 3.19. The first-order valence-corrected chi connectivity index (χ1v) is 11.8. The molecule has 4 rings (SSSR count). The van der Waals surface area contributed by atoms with Gasteiger partial charge in [0.15, 0.2) is 12.3 Å². The highest BCUT2D eigenvalue weighted by molar-refractivity contribution is 6.05. The van der Waals surface area contributed by atoms with Crippen LogP contribution in [0, 0.1) is 6.92 Å². The van der Waals surface area contributed by atoms with Crippen molar-refractivity contribution in [1.29, 1.82) is 0 Å². The zero-order valence-electron chi connectivity index (χ0n) is 20.7. The van der Waals surface area contributed by atoms with Crippen LogP contribution in [-0.2, 0) is 9.53 Å². The fraction of sp³-hybridized carbons (Fsp3) is 0.286. The van der Waals surface area contributed by atoms with E-state index < -0.39 is 5.97 Å². The van der Waals surface area contributed by atoms with Crippen LogP contribution in [0.2, 0.25) is 0 Å². The van der Waals surface area contributed by atoms with E-state index in [2.05, 4.69) is 5.10 Å². The van der Waals surface area contributed by atoms with Crippen LogP contribution in [-0.4, -0.2) is 50.2 Å². The van der Waals surface area contributed by atoms with E-state index in [1.165, 1.54) is 0 Å². The van der Waals surface area contributed by atoms with Crippen LogP contribution in [0.25, 0.3) is 28.0 Å². The number of carbonyl (C=O) groups excluding carboxylic acids is 2. The number of fused-ring (bicyclic) bond motifs is 1. The van der Waals surface area contributed by atoms with Gasteiger partial charge in [-0.1, -0.05) is 48.5 Å². The lowest BCUT2D eigenvalue weighted by atomic mass is 10.1. The Labute approximate surface area is 205 Å². The van der Waals surface area contributed by atoms with Crippen molar-refractivity contribution >= 4 is 22.9 Å². The van der Waals surface area contributed by atoms with Crippen LogP contribution in [0.4, 0.5) is 0 Å². The Hall–Kier alpha value is -4.00. The van der Waals surface area contributed by atoms with E-state index in [0.29, 0.717) is 28.0 Å². The van der Waals surface area contributed by atoms with Gasteiger partial charge >= 0.3 is 5.97 Å². The van der Waals surface area contributed by atoms with Gasteiger partial charge in [0.25, 0.3) is 5.91 Å². The molecule has 0 aliphatic carbocycles. The van der Waals surface area contributed by atoms with E-state index in [0.717, 1.165) is 11.3 Å². The molecule has 2 aromatic carbocycles. The molecule has 0 unspecified atom stereocenters. The molecule has 0 saturated carbocycles. The van der Waals surface area contributed by atoms with Crippen molar-refractivity contribution in [2.24, 2.45) is 0 Å². The zero-order valence-corrected chi connectivity index (χ0v) is 20.7. The summed E-state index contributed by atoms with van der Waals surface area (Å²) in [4.78, 5) is 32.7. The highest BCUT2D eigenvalue weighted by Gasteiger charge is 2.25.